The van der Waals surface area contributed by atoms with Crippen LogP contribution in [0.15, 0.2) is 91.0 Å². The number of anilines is 1. The average molecular weight is 599 g/mol. The maximum absolute atomic E-state index is 13.9. The molecule has 0 radical (unpaired) electrons. The topological polar surface area (TPSA) is 106 Å². The molecule has 0 spiro atoms. The number of amides is 1. The van der Waals surface area contributed by atoms with Crippen molar-refractivity contribution in [3.8, 4) is 5.75 Å². The summed E-state index contributed by atoms with van der Waals surface area (Å²) in [6.07, 6.45) is 1.42. The fourth-order valence-corrected chi connectivity index (χ4v) is 5.70. The van der Waals surface area contributed by atoms with E-state index in [1.165, 1.54) is 30.3 Å². The maximum Gasteiger partial charge on any atom is 0.350 e. The van der Waals surface area contributed by atoms with E-state index in [1.807, 2.05) is 30.3 Å². The molecule has 1 aliphatic rings. The van der Waals surface area contributed by atoms with Crippen molar-refractivity contribution in [2.45, 2.75) is 26.5 Å². The lowest BCUT2D eigenvalue weighted by Crippen LogP contribution is -2.29. The Balaban J connectivity index is 1.55. The summed E-state index contributed by atoms with van der Waals surface area (Å²) in [6.45, 7) is 7.24. The molecule has 1 fully saturated rings. The molecule has 1 unspecified atom stereocenters. The molecule has 1 aromatic heterocycles. The molecule has 218 valence electrons. The molecular weight excluding hydrogens is 571 g/mol. The van der Waals surface area contributed by atoms with E-state index in [9.17, 15) is 23.9 Å². The molecular formula is C33H27FN2O6S. The number of aryl methyl sites for hydroxylation is 2. The molecule has 4 aromatic rings. The molecule has 5 rings (SSSR count). The second kappa shape index (κ2) is 12.4. The molecule has 1 atom stereocenters. The molecule has 0 saturated carbocycles. The van der Waals surface area contributed by atoms with Gasteiger partial charge in [0.25, 0.3) is 5.78 Å². The number of carbonyl (C=O) groups excluding carboxylic acids is 3. The Morgan fingerprint density at radius 3 is 2.49 bits per heavy atom. The Morgan fingerprint density at radius 1 is 1.09 bits per heavy atom. The van der Waals surface area contributed by atoms with Gasteiger partial charge in [0.15, 0.2) is 5.13 Å². The van der Waals surface area contributed by atoms with Crippen LogP contribution in [0.4, 0.5) is 9.52 Å². The number of ketones is 1. The standard InChI is InChI=1S/C33H27FN2O6S/c1-4-16-41-32(40)30-20(3)35-33(43-30)36-27(22-10-13-24(34)14-11-22)26(29(38)31(36)39)28(37)23-12-15-25(19(2)17-23)42-18-21-8-6-5-7-9-21/h4-15,17,27,37H,1,16,18H2,2-3H3/b28-26-. The van der Waals surface area contributed by atoms with Crippen LogP contribution in [-0.2, 0) is 20.9 Å². The first-order valence-electron chi connectivity index (χ1n) is 13.3. The molecule has 3 aromatic carbocycles. The van der Waals surface area contributed by atoms with Crippen LogP contribution in [0.5, 0.6) is 5.75 Å². The molecule has 0 bridgehead atoms. The zero-order valence-electron chi connectivity index (χ0n) is 23.4. The van der Waals surface area contributed by atoms with Crippen molar-refractivity contribution in [1.29, 1.82) is 0 Å². The maximum atomic E-state index is 13.9. The van der Waals surface area contributed by atoms with E-state index in [1.54, 1.807) is 32.0 Å². The number of hydrogen-bond donors (Lipinski definition) is 1. The fourth-order valence-electron chi connectivity index (χ4n) is 4.71. The van der Waals surface area contributed by atoms with Crippen molar-refractivity contribution in [1.82, 2.24) is 4.98 Å². The third-order valence-corrected chi connectivity index (χ3v) is 7.96. The van der Waals surface area contributed by atoms with Gasteiger partial charge >= 0.3 is 11.9 Å². The van der Waals surface area contributed by atoms with Crippen molar-refractivity contribution >= 4 is 39.9 Å². The number of esters is 1. The summed E-state index contributed by atoms with van der Waals surface area (Å²) in [7, 11) is 0. The van der Waals surface area contributed by atoms with Crippen LogP contribution in [0.25, 0.3) is 5.76 Å². The molecule has 1 aliphatic heterocycles. The lowest BCUT2D eigenvalue weighted by atomic mass is 9.95. The summed E-state index contributed by atoms with van der Waals surface area (Å²) in [5, 5.41) is 11.5. The summed E-state index contributed by atoms with van der Waals surface area (Å²) in [5.41, 5.74) is 2.45. The number of thiazole rings is 1. The summed E-state index contributed by atoms with van der Waals surface area (Å²) >= 11 is 0.878. The predicted molar refractivity (Wildman–Crippen MR) is 160 cm³/mol. The molecule has 8 nitrogen and oxygen atoms in total. The van der Waals surface area contributed by atoms with Crippen LogP contribution in [-0.4, -0.2) is 34.4 Å². The van der Waals surface area contributed by atoms with E-state index in [0.717, 1.165) is 21.8 Å². The number of hydrogen-bond acceptors (Lipinski definition) is 8. The number of halogens is 1. The van der Waals surface area contributed by atoms with Crippen molar-refractivity contribution in [3.05, 3.63) is 130 Å². The third kappa shape index (κ3) is 5.96. The van der Waals surface area contributed by atoms with E-state index in [4.69, 9.17) is 9.47 Å². The minimum absolute atomic E-state index is 0.0128. The SMILES string of the molecule is C=CCOC(=O)c1sc(N2C(=O)C(=O)/C(=C(\O)c3ccc(OCc4ccccc4)c(C)c3)C2c2ccc(F)cc2)nc1C. The van der Waals surface area contributed by atoms with Gasteiger partial charge in [-0.25, -0.2) is 14.2 Å². The highest BCUT2D eigenvalue weighted by atomic mass is 32.1. The Kier molecular flexibility index (Phi) is 8.49. The summed E-state index contributed by atoms with van der Waals surface area (Å²) in [4.78, 5) is 45.2. The number of aliphatic hydroxyl groups is 1. The fraction of sp³-hybridized carbons (Fsp3) is 0.152. The average Bonchev–Trinajstić information content (AvgIpc) is 3.51. The lowest BCUT2D eigenvalue weighted by Gasteiger charge is -2.23. The number of rotatable bonds is 9. The first-order chi connectivity index (χ1) is 20.7. The zero-order valence-corrected chi connectivity index (χ0v) is 24.2. The molecule has 10 heteroatoms. The highest BCUT2D eigenvalue weighted by molar-refractivity contribution is 7.17. The summed E-state index contributed by atoms with van der Waals surface area (Å²) in [5.74, 6) is -2.88. The summed E-state index contributed by atoms with van der Waals surface area (Å²) < 4.78 is 25.0. The highest BCUT2D eigenvalue weighted by Gasteiger charge is 2.48. The van der Waals surface area contributed by atoms with E-state index in [-0.39, 0.29) is 22.2 Å². The Hall–Kier alpha value is -5.09. The van der Waals surface area contributed by atoms with Gasteiger partial charge < -0.3 is 14.6 Å². The second-order valence-electron chi connectivity index (χ2n) is 9.77. The van der Waals surface area contributed by atoms with Gasteiger partial charge in [-0.05, 0) is 60.9 Å². The molecule has 43 heavy (non-hydrogen) atoms. The zero-order chi connectivity index (χ0) is 30.7. The van der Waals surface area contributed by atoms with Crippen molar-refractivity contribution < 1.29 is 33.4 Å². The second-order valence-corrected chi connectivity index (χ2v) is 10.8. The Bertz CT molecular complexity index is 1750. The van der Waals surface area contributed by atoms with E-state index >= 15 is 0 Å². The van der Waals surface area contributed by atoms with Gasteiger partial charge in [0.05, 0.1) is 17.3 Å². The monoisotopic (exact) mass is 598 g/mol. The largest absolute Gasteiger partial charge is 0.507 e. The lowest BCUT2D eigenvalue weighted by molar-refractivity contribution is -0.132. The van der Waals surface area contributed by atoms with Gasteiger partial charge in [-0.15, -0.1) is 0 Å². The summed E-state index contributed by atoms with van der Waals surface area (Å²) in [6, 6.07) is 18.7. The van der Waals surface area contributed by atoms with Gasteiger partial charge in [0, 0.05) is 5.56 Å². The van der Waals surface area contributed by atoms with E-state index in [0.29, 0.717) is 34.7 Å². The van der Waals surface area contributed by atoms with Crippen LogP contribution >= 0.6 is 11.3 Å². The van der Waals surface area contributed by atoms with Crippen LogP contribution in [0, 0.1) is 19.7 Å². The molecule has 0 aliphatic carbocycles. The molecule has 1 amide bonds. The minimum Gasteiger partial charge on any atom is -0.507 e. The van der Waals surface area contributed by atoms with Crippen LogP contribution in [0.3, 0.4) is 0 Å². The number of nitrogens with zero attached hydrogens (tertiary/aromatic N) is 2. The molecule has 1 saturated heterocycles. The van der Waals surface area contributed by atoms with E-state index in [2.05, 4.69) is 11.6 Å². The quantitative estimate of drug-likeness (QED) is 0.0776. The van der Waals surface area contributed by atoms with Gasteiger partial charge in [-0.3, -0.25) is 14.5 Å². The van der Waals surface area contributed by atoms with Crippen molar-refractivity contribution in [3.63, 3.8) is 0 Å². The number of carbonyl (C=O) groups is 3. The number of Topliss-reactive ketones (excluding diaryl/α,β-unsaturated/α-hetero) is 1. The first kappa shape index (κ1) is 29.4. The van der Waals surface area contributed by atoms with Gasteiger partial charge in [-0.2, -0.15) is 0 Å². The molecule has 1 N–H and O–H groups in total. The van der Waals surface area contributed by atoms with E-state index < -0.39 is 35.3 Å². The van der Waals surface area contributed by atoms with Gasteiger partial charge in [0.2, 0.25) is 0 Å². The Morgan fingerprint density at radius 2 is 1.81 bits per heavy atom. The van der Waals surface area contributed by atoms with Crippen LogP contribution < -0.4 is 9.64 Å². The number of aliphatic hydroxyl groups excluding tert-OH is 1. The predicted octanol–water partition coefficient (Wildman–Crippen LogP) is 6.45. The normalized spacial score (nSPS) is 15.9. The minimum atomic E-state index is -1.14. The smallest absolute Gasteiger partial charge is 0.350 e. The third-order valence-electron chi connectivity index (χ3n) is 6.82. The number of benzene rings is 3. The first-order valence-corrected chi connectivity index (χ1v) is 14.1. The van der Waals surface area contributed by atoms with Gasteiger partial charge in [-0.1, -0.05) is 66.5 Å². The van der Waals surface area contributed by atoms with Crippen LogP contribution in [0.2, 0.25) is 0 Å². The number of ether oxygens (including phenoxy) is 2. The van der Waals surface area contributed by atoms with Crippen molar-refractivity contribution in [2.24, 2.45) is 0 Å². The van der Waals surface area contributed by atoms with Crippen LogP contribution in [0.1, 0.15) is 43.7 Å². The highest BCUT2D eigenvalue weighted by Crippen LogP contribution is 2.44. The number of aromatic nitrogens is 1. The van der Waals surface area contributed by atoms with Gasteiger partial charge in [0.1, 0.15) is 35.4 Å². The molecule has 2 heterocycles. The Labute approximate surface area is 251 Å². The van der Waals surface area contributed by atoms with Crippen molar-refractivity contribution in [2.75, 3.05) is 11.5 Å².